The molecular weight excluding hydrogens is 397 g/mol. The van der Waals surface area contributed by atoms with Gasteiger partial charge in [-0.1, -0.05) is 11.2 Å². The maximum absolute atomic E-state index is 14.4. The predicted octanol–water partition coefficient (Wildman–Crippen LogP) is 3.92. The lowest BCUT2D eigenvalue weighted by atomic mass is 10.00. The predicted molar refractivity (Wildman–Crippen MR) is 113 cm³/mol. The summed E-state index contributed by atoms with van der Waals surface area (Å²) in [6, 6.07) is 11.8. The fourth-order valence-electron chi connectivity index (χ4n) is 3.11. The first kappa shape index (κ1) is 20.3. The number of carbonyl (C=O) groups excluding carboxylic acids is 1. The van der Waals surface area contributed by atoms with Gasteiger partial charge in [0.15, 0.2) is 5.82 Å². The number of aryl methyl sites for hydroxylation is 2. The maximum atomic E-state index is 14.4. The third-order valence-corrected chi connectivity index (χ3v) is 4.63. The Morgan fingerprint density at radius 2 is 1.94 bits per heavy atom. The molecule has 7 nitrogen and oxygen atoms in total. The molecule has 0 bridgehead atoms. The summed E-state index contributed by atoms with van der Waals surface area (Å²) in [5.41, 5.74) is 3.44. The molecule has 0 spiro atoms. The molecule has 0 saturated carbocycles. The maximum Gasteiger partial charge on any atom is 0.251 e. The second-order valence-corrected chi connectivity index (χ2v) is 7.09. The number of nitrogens with zero attached hydrogens (tertiary/aromatic N) is 4. The molecule has 0 radical (unpaired) electrons. The number of nitrogens with one attached hydrogen (secondary N) is 1. The van der Waals surface area contributed by atoms with Gasteiger partial charge in [-0.05, 0) is 55.8 Å². The molecule has 156 valence electrons. The van der Waals surface area contributed by atoms with Crippen LogP contribution in [0.5, 0.6) is 0 Å². The number of rotatable bonds is 6. The van der Waals surface area contributed by atoms with Gasteiger partial charge in [-0.25, -0.2) is 4.39 Å². The van der Waals surface area contributed by atoms with Gasteiger partial charge in [0.25, 0.3) is 5.91 Å². The number of hydrogen-bond donors (Lipinski definition) is 1. The van der Waals surface area contributed by atoms with E-state index in [1.165, 1.54) is 18.3 Å². The van der Waals surface area contributed by atoms with E-state index in [-0.39, 0.29) is 11.6 Å². The van der Waals surface area contributed by atoms with Crippen molar-refractivity contribution in [3.63, 3.8) is 0 Å². The molecule has 0 saturated heterocycles. The Morgan fingerprint density at radius 1 is 1.10 bits per heavy atom. The lowest BCUT2D eigenvalue weighted by Crippen LogP contribution is -2.25. The summed E-state index contributed by atoms with van der Waals surface area (Å²) in [4.78, 5) is 25.5. The molecule has 0 unspecified atom stereocenters. The summed E-state index contributed by atoms with van der Waals surface area (Å²) >= 11 is 0. The smallest absolute Gasteiger partial charge is 0.251 e. The first-order valence-electron chi connectivity index (χ1n) is 9.76. The van der Waals surface area contributed by atoms with E-state index in [4.69, 9.17) is 4.52 Å². The highest BCUT2D eigenvalue weighted by Gasteiger charge is 2.15. The average Bonchev–Trinajstić information content (AvgIpc) is 3.19. The van der Waals surface area contributed by atoms with Crippen molar-refractivity contribution in [1.29, 1.82) is 0 Å². The lowest BCUT2D eigenvalue weighted by Gasteiger charge is -2.11. The minimum atomic E-state index is -0.463. The van der Waals surface area contributed by atoms with Crippen molar-refractivity contribution in [3.8, 4) is 22.5 Å². The van der Waals surface area contributed by atoms with E-state index in [1.807, 2.05) is 19.1 Å². The molecule has 0 aliphatic heterocycles. The summed E-state index contributed by atoms with van der Waals surface area (Å²) in [5, 5.41) is 6.57. The van der Waals surface area contributed by atoms with Crippen LogP contribution in [0.2, 0.25) is 0 Å². The zero-order valence-corrected chi connectivity index (χ0v) is 17.1. The Hall–Kier alpha value is -3.94. The van der Waals surface area contributed by atoms with Crippen molar-refractivity contribution >= 4 is 5.91 Å². The Labute approximate surface area is 178 Å². The molecular formula is C23H20FN5O2. The molecule has 4 rings (SSSR count). The van der Waals surface area contributed by atoms with Crippen LogP contribution in [0.15, 0.2) is 59.4 Å². The lowest BCUT2D eigenvalue weighted by molar-refractivity contribution is 0.0953. The Bertz CT molecular complexity index is 1220. The van der Waals surface area contributed by atoms with Crippen LogP contribution in [0.3, 0.4) is 0 Å². The molecule has 1 amide bonds. The Morgan fingerprint density at radius 3 is 2.65 bits per heavy atom. The largest absolute Gasteiger partial charge is 0.352 e. The summed E-state index contributed by atoms with van der Waals surface area (Å²) in [6.45, 7) is 4.00. The molecule has 1 aromatic carbocycles. The van der Waals surface area contributed by atoms with Crippen molar-refractivity contribution in [3.05, 3.63) is 83.5 Å². The third-order valence-electron chi connectivity index (χ3n) is 4.63. The quantitative estimate of drug-likeness (QED) is 0.511. The van der Waals surface area contributed by atoms with Crippen molar-refractivity contribution in [2.24, 2.45) is 0 Å². The standard InChI is InChI=1S/C23H20FN5O2/c1-14-5-6-20(27-13-14)16-10-17(22-19(24)4-3-8-25-22)12-18(11-16)23(30)26-9-7-21-28-15(2)29-31-21/h3-6,8,10-13H,7,9H2,1-2H3,(H,26,30). The van der Waals surface area contributed by atoms with E-state index < -0.39 is 5.82 Å². The molecule has 0 aliphatic rings. The van der Waals surface area contributed by atoms with Crippen LogP contribution in [-0.4, -0.2) is 32.6 Å². The van der Waals surface area contributed by atoms with Crippen LogP contribution in [0, 0.1) is 19.7 Å². The number of amides is 1. The topological polar surface area (TPSA) is 93.8 Å². The molecule has 1 N–H and O–H groups in total. The number of pyridine rings is 2. The minimum Gasteiger partial charge on any atom is -0.352 e. The second kappa shape index (κ2) is 8.83. The highest BCUT2D eigenvalue weighted by atomic mass is 19.1. The van der Waals surface area contributed by atoms with E-state index in [0.29, 0.717) is 47.1 Å². The van der Waals surface area contributed by atoms with E-state index in [1.54, 1.807) is 31.3 Å². The zero-order valence-electron chi connectivity index (χ0n) is 17.1. The average molecular weight is 417 g/mol. The first-order chi connectivity index (χ1) is 15.0. The molecule has 0 atom stereocenters. The highest BCUT2D eigenvalue weighted by Crippen LogP contribution is 2.28. The second-order valence-electron chi connectivity index (χ2n) is 7.09. The Balaban J connectivity index is 1.64. The number of hydrogen-bond acceptors (Lipinski definition) is 6. The fourth-order valence-corrected chi connectivity index (χ4v) is 3.11. The van der Waals surface area contributed by atoms with Crippen LogP contribution >= 0.6 is 0 Å². The summed E-state index contributed by atoms with van der Waals surface area (Å²) < 4.78 is 19.4. The minimum absolute atomic E-state index is 0.173. The van der Waals surface area contributed by atoms with Gasteiger partial charge < -0.3 is 9.84 Å². The molecule has 8 heteroatoms. The van der Waals surface area contributed by atoms with Gasteiger partial charge in [0, 0.05) is 42.0 Å². The molecule has 31 heavy (non-hydrogen) atoms. The fraction of sp³-hybridized carbons (Fsp3) is 0.174. The van der Waals surface area contributed by atoms with Crippen LogP contribution in [0.1, 0.15) is 27.6 Å². The van der Waals surface area contributed by atoms with E-state index in [2.05, 4.69) is 25.4 Å². The SMILES string of the molecule is Cc1ccc(-c2cc(C(=O)NCCc3nc(C)no3)cc(-c3ncccc3F)c2)nc1. The Kier molecular flexibility index (Phi) is 5.79. The van der Waals surface area contributed by atoms with Crippen LogP contribution in [0.4, 0.5) is 4.39 Å². The first-order valence-corrected chi connectivity index (χ1v) is 9.76. The summed E-state index contributed by atoms with van der Waals surface area (Å²) in [7, 11) is 0. The van der Waals surface area contributed by atoms with Gasteiger partial charge in [-0.3, -0.25) is 14.8 Å². The van der Waals surface area contributed by atoms with E-state index in [0.717, 1.165) is 5.56 Å². The van der Waals surface area contributed by atoms with Gasteiger partial charge in [-0.2, -0.15) is 4.98 Å². The molecule has 0 aliphatic carbocycles. The number of aromatic nitrogens is 4. The number of benzene rings is 1. The van der Waals surface area contributed by atoms with Crippen LogP contribution in [0.25, 0.3) is 22.5 Å². The number of halogens is 1. The van der Waals surface area contributed by atoms with Gasteiger partial charge in [0.2, 0.25) is 5.89 Å². The van der Waals surface area contributed by atoms with Crippen molar-refractivity contribution in [1.82, 2.24) is 25.4 Å². The van der Waals surface area contributed by atoms with Crippen LogP contribution in [-0.2, 0) is 6.42 Å². The molecule has 4 aromatic rings. The molecule has 3 aromatic heterocycles. The van der Waals surface area contributed by atoms with Crippen molar-refractivity contribution in [2.75, 3.05) is 6.54 Å². The van der Waals surface area contributed by atoms with Crippen molar-refractivity contribution < 1.29 is 13.7 Å². The van der Waals surface area contributed by atoms with Gasteiger partial charge in [-0.15, -0.1) is 0 Å². The van der Waals surface area contributed by atoms with Gasteiger partial charge >= 0.3 is 0 Å². The van der Waals surface area contributed by atoms with Gasteiger partial charge in [0.05, 0.1) is 5.69 Å². The molecule has 3 heterocycles. The van der Waals surface area contributed by atoms with Crippen molar-refractivity contribution in [2.45, 2.75) is 20.3 Å². The monoisotopic (exact) mass is 417 g/mol. The van der Waals surface area contributed by atoms with E-state index in [9.17, 15) is 9.18 Å². The molecule has 0 fully saturated rings. The highest BCUT2D eigenvalue weighted by molar-refractivity contribution is 5.97. The normalized spacial score (nSPS) is 10.8. The van der Waals surface area contributed by atoms with Gasteiger partial charge in [0.1, 0.15) is 11.5 Å². The van der Waals surface area contributed by atoms with Crippen LogP contribution < -0.4 is 5.32 Å². The van der Waals surface area contributed by atoms with E-state index >= 15 is 0 Å². The zero-order chi connectivity index (χ0) is 21.8. The number of carbonyl (C=O) groups is 1. The third kappa shape index (κ3) is 4.80. The summed E-state index contributed by atoms with van der Waals surface area (Å²) in [5.74, 6) is 0.228. The summed E-state index contributed by atoms with van der Waals surface area (Å²) in [6.07, 6.45) is 3.67.